The summed E-state index contributed by atoms with van der Waals surface area (Å²) >= 11 is 0. The van der Waals surface area contributed by atoms with Crippen molar-refractivity contribution in [1.82, 2.24) is 10.1 Å². The molecule has 0 aliphatic rings. The van der Waals surface area contributed by atoms with Gasteiger partial charge in [0.25, 0.3) is 11.6 Å². The molecular formula is C13H19N3O4. The van der Waals surface area contributed by atoms with E-state index in [0.29, 0.717) is 11.6 Å². The predicted molar refractivity (Wildman–Crippen MR) is 75.8 cm³/mol. The molecule has 0 N–H and O–H groups in total. The van der Waals surface area contributed by atoms with Gasteiger partial charge in [0.2, 0.25) is 0 Å². The van der Waals surface area contributed by atoms with Crippen LogP contribution in [0.2, 0.25) is 0 Å². The van der Waals surface area contributed by atoms with Crippen LogP contribution in [0, 0.1) is 17.0 Å². The van der Waals surface area contributed by atoms with E-state index in [1.54, 1.807) is 13.0 Å². The summed E-state index contributed by atoms with van der Waals surface area (Å²) in [5.74, 6) is 0.943. The van der Waals surface area contributed by atoms with Crippen LogP contribution >= 0.6 is 0 Å². The van der Waals surface area contributed by atoms with Gasteiger partial charge in [-0.3, -0.25) is 10.1 Å². The van der Waals surface area contributed by atoms with E-state index >= 15 is 0 Å². The smallest absolute Gasteiger partial charge is 0.285 e. The molecule has 0 aliphatic heterocycles. The van der Waals surface area contributed by atoms with Crippen molar-refractivity contribution < 1.29 is 14.2 Å². The van der Waals surface area contributed by atoms with Crippen molar-refractivity contribution in [3.8, 4) is 17.2 Å². The quantitative estimate of drug-likeness (QED) is 0.630. The summed E-state index contributed by atoms with van der Waals surface area (Å²) in [5.41, 5.74) is 0.143. The van der Waals surface area contributed by atoms with E-state index in [2.05, 4.69) is 10.1 Å². The predicted octanol–water partition coefficient (Wildman–Crippen LogP) is 3.62. The van der Waals surface area contributed by atoms with Gasteiger partial charge in [-0.2, -0.15) is 4.98 Å². The van der Waals surface area contributed by atoms with Crippen LogP contribution in [-0.2, 0) is 0 Å². The lowest BCUT2D eigenvalue weighted by molar-refractivity contribution is -0.384. The molecule has 1 heterocycles. The minimum atomic E-state index is -0.516. The Bertz CT molecular complexity index is 566. The Morgan fingerprint density at radius 1 is 1.35 bits per heavy atom. The fourth-order valence-electron chi connectivity index (χ4n) is 1.38. The Balaban J connectivity index is 0.00000115. The molecule has 0 amide bonds. The molecule has 0 unspecified atom stereocenters. The van der Waals surface area contributed by atoms with Gasteiger partial charge >= 0.3 is 0 Å². The van der Waals surface area contributed by atoms with Crippen LogP contribution in [0.25, 0.3) is 11.5 Å². The summed E-state index contributed by atoms with van der Waals surface area (Å²) in [5, 5.41) is 14.5. The Hall–Kier alpha value is -2.44. The van der Waals surface area contributed by atoms with Crippen LogP contribution in [0.4, 0.5) is 5.69 Å². The third-order valence-electron chi connectivity index (χ3n) is 2.16. The van der Waals surface area contributed by atoms with Crippen molar-refractivity contribution in [2.75, 3.05) is 7.11 Å². The maximum absolute atomic E-state index is 10.9. The Labute approximate surface area is 117 Å². The van der Waals surface area contributed by atoms with Crippen molar-refractivity contribution in [1.29, 1.82) is 0 Å². The van der Waals surface area contributed by atoms with Crippen LogP contribution < -0.4 is 4.74 Å². The van der Waals surface area contributed by atoms with Crippen molar-refractivity contribution >= 4 is 5.69 Å². The average Bonchev–Trinajstić information content (AvgIpc) is 2.86. The van der Waals surface area contributed by atoms with Crippen LogP contribution in [0.5, 0.6) is 5.75 Å². The number of nitrogens with zero attached hydrogens (tertiary/aromatic N) is 3. The number of hydrogen-bond donors (Lipinski definition) is 0. The van der Waals surface area contributed by atoms with Gasteiger partial charge in [0.05, 0.1) is 18.1 Å². The number of rotatable bonds is 3. The molecule has 110 valence electrons. The molecule has 1 aromatic heterocycles. The minimum absolute atomic E-state index is 0. The van der Waals surface area contributed by atoms with Crippen LogP contribution in [-0.4, -0.2) is 22.2 Å². The fraction of sp³-hybridized carbons (Fsp3) is 0.385. The van der Waals surface area contributed by atoms with E-state index < -0.39 is 4.92 Å². The maximum atomic E-state index is 10.9. The number of aromatic nitrogens is 2. The van der Waals surface area contributed by atoms with Crippen molar-refractivity contribution in [3.63, 3.8) is 0 Å². The first-order valence-corrected chi connectivity index (χ1v) is 5.75. The molecule has 0 bridgehead atoms. The maximum Gasteiger partial charge on any atom is 0.285 e. The first kappa shape index (κ1) is 17.6. The van der Waals surface area contributed by atoms with Gasteiger partial charge in [-0.05, 0) is 19.1 Å². The molecule has 0 saturated carbocycles. The highest BCUT2D eigenvalue weighted by Gasteiger charge is 2.20. The molecule has 2 aromatic rings. The van der Waals surface area contributed by atoms with E-state index in [0.717, 1.165) is 0 Å². The monoisotopic (exact) mass is 281 g/mol. The summed E-state index contributed by atoms with van der Waals surface area (Å²) < 4.78 is 9.84. The van der Waals surface area contributed by atoms with Crippen LogP contribution in [0.15, 0.2) is 22.7 Å². The molecule has 0 fully saturated rings. The van der Waals surface area contributed by atoms with E-state index in [-0.39, 0.29) is 24.6 Å². The first-order valence-electron chi connectivity index (χ1n) is 5.75. The molecule has 0 saturated heterocycles. The molecule has 1 aromatic carbocycles. The zero-order valence-electron chi connectivity index (χ0n) is 11.2. The fourth-order valence-corrected chi connectivity index (χ4v) is 1.38. The third kappa shape index (κ3) is 3.78. The van der Waals surface area contributed by atoms with E-state index in [9.17, 15) is 10.1 Å². The van der Waals surface area contributed by atoms with E-state index in [1.165, 1.54) is 19.2 Å². The van der Waals surface area contributed by atoms with Gasteiger partial charge in [-0.15, -0.1) is 0 Å². The molecule has 0 spiro atoms. The van der Waals surface area contributed by atoms with Gasteiger partial charge in [0, 0.05) is 0 Å². The second-order valence-electron chi connectivity index (χ2n) is 3.29. The zero-order valence-corrected chi connectivity index (χ0v) is 11.2. The number of nitro benzene ring substituents is 1. The molecule has 0 radical (unpaired) electrons. The van der Waals surface area contributed by atoms with Gasteiger partial charge in [0.15, 0.2) is 5.82 Å². The van der Waals surface area contributed by atoms with Crippen LogP contribution in [0.3, 0.4) is 0 Å². The lowest BCUT2D eigenvalue weighted by Crippen LogP contribution is -1.93. The largest absolute Gasteiger partial charge is 0.497 e. The molecule has 2 rings (SSSR count). The summed E-state index contributed by atoms with van der Waals surface area (Å²) in [4.78, 5) is 14.4. The highest BCUT2D eigenvalue weighted by molar-refractivity contribution is 5.68. The summed E-state index contributed by atoms with van der Waals surface area (Å²) in [6.07, 6.45) is 0. The zero-order chi connectivity index (χ0) is 14.4. The number of hydrogen-bond acceptors (Lipinski definition) is 6. The van der Waals surface area contributed by atoms with Crippen molar-refractivity contribution in [2.24, 2.45) is 0 Å². The van der Waals surface area contributed by atoms with E-state index in [1.807, 2.05) is 13.8 Å². The molecule has 7 nitrogen and oxygen atoms in total. The second-order valence-corrected chi connectivity index (χ2v) is 3.29. The number of benzene rings is 1. The van der Waals surface area contributed by atoms with Crippen molar-refractivity contribution in [3.05, 3.63) is 34.1 Å². The lowest BCUT2D eigenvalue weighted by Gasteiger charge is -2.01. The number of nitro groups is 1. The normalized spacial score (nSPS) is 9.00. The van der Waals surface area contributed by atoms with Gasteiger partial charge in [-0.25, -0.2) is 0 Å². The summed E-state index contributed by atoms with van der Waals surface area (Å²) in [7, 11) is 1.44. The molecule has 7 heteroatoms. The van der Waals surface area contributed by atoms with Crippen molar-refractivity contribution in [2.45, 2.75) is 28.2 Å². The first-order chi connectivity index (χ1) is 9.11. The van der Waals surface area contributed by atoms with Gasteiger partial charge < -0.3 is 9.26 Å². The molecule has 0 atom stereocenters. The average molecular weight is 281 g/mol. The standard InChI is InChI=1S/C10H9N3O4.C2H6.CH4/c1-6-11-10(17-12-6)8-4-3-7(16-2)5-9(8)13(14)15;1-2;/h3-5H,1-2H3;1-2H3;1H4. The number of aryl methyl sites for hydroxylation is 1. The molecular weight excluding hydrogens is 262 g/mol. The third-order valence-corrected chi connectivity index (χ3v) is 2.16. The highest BCUT2D eigenvalue weighted by atomic mass is 16.6. The Morgan fingerprint density at radius 3 is 2.45 bits per heavy atom. The van der Waals surface area contributed by atoms with E-state index in [4.69, 9.17) is 9.26 Å². The minimum Gasteiger partial charge on any atom is -0.497 e. The molecule has 0 aliphatic carbocycles. The van der Waals surface area contributed by atoms with Crippen LogP contribution in [0.1, 0.15) is 27.1 Å². The van der Waals surface area contributed by atoms with Gasteiger partial charge in [-0.1, -0.05) is 26.4 Å². The SMILES string of the molecule is C.CC.COc1ccc(-c2nc(C)no2)c([N+](=O)[O-])c1. The highest BCUT2D eigenvalue weighted by Crippen LogP contribution is 2.31. The number of methoxy groups -OCH3 is 1. The second kappa shape index (κ2) is 7.88. The lowest BCUT2D eigenvalue weighted by atomic mass is 10.1. The topological polar surface area (TPSA) is 91.3 Å². The Morgan fingerprint density at radius 2 is 2.00 bits per heavy atom. The number of ether oxygens (including phenoxy) is 1. The molecule has 20 heavy (non-hydrogen) atoms. The summed E-state index contributed by atoms with van der Waals surface area (Å²) in [6, 6.07) is 4.43. The summed E-state index contributed by atoms with van der Waals surface area (Å²) in [6.45, 7) is 5.64. The Kier molecular flexibility index (Phi) is 6.92. The van der Waals surface area contributed by atoms with Gasteiger partial charge in [0.1, 0.15) is 11.3 Å².